The predicted octanol–water partition coefficient (Wildman–Crippen LogP) is 4.47. The maximum Gasteiger partial charge on any atom is 0.267 e. The van der Waals surface area contributed by atoms with Crippen LogP contribution in [0.25, 0.3) is 21.8 Å². The number of hydrogen-bond donors (Lipinski definition) is 2. The molecule has 36 heavy (non-hydrogen) atoms. The number of carbonyl (C=O) groups excluding carboxylic acids is 1. The highest BCUT2D eigenvalue weighted by atomic mass is 35.5. The van der Waals surface area contributed by atoms with E-state index in [1.807, 2.05) is 44.2 Å². The number of rotatable bonds is 9. The molecule has 1 saturated heterocycles. The molecule has 1 aliphatic heterocycles. The van der Waals surface area contributed by atoms with E-state index in [0.717, 1.165) is 42.3 Å². The number of anilines is 1. The molecule has 0 atom stereocenters. The quantitative estimate of drug-likeness (QED) is 0.380. The number of benzene rings is 1. The average molecular weight is 554 g/mol. The summed E-state index contributed by atoms with van der Waals surface area (Å²) in [6.45, 7) is 8.13. The Morgan fingerprint density at radius 3 is 2.47 bits per heavy atom. The van der Waals surface area contributed by atoms with E-state index < -0.39 is 0 Å². The highest BCUT2D eigenvalue weighted by molar-refractivity contribution is 7.19. The SMILES string of the molecule is CC(C)n1nc(-c2sc(NC(=O)CNCCN3CCCCC3)nc2-c2ccccc2)ccc1=O.Cl.Cl. The van der Waals surface area contributed by atoms with Crippen LogP contribution >= 0.6 is 36.2 Å². The van der Waals surface area contributed by atoms with E-state index in [2.05, 4.69) is 20.6 Å². The molecule has 0 unspecified atom stereocenters. The van der Waals surface area contributed by atoms with Crippen molar-refractivity contribution in [2.24, 2.45) is 0 Å². The summed E-state index contributed by atoms with van der Waals surface area (Å²) in [6, 6.07) is 13.0. The van der Waals surface area contributed by atoms with Crippen molar-refractivity contribution in [3.05, 3.63) is 52.8 Å². The minimum atomic E-state index is -0.145. The van der Waals surface area contributed by atoms with E-state index in [1.54, 1.807) is 6.07 Å². The third kappa shape index (κ3) is 7.85. The number of thiazole rings is 1. The fourth-order valence-electron chi connectivity index (χ4n) is 4.04. The molecule has 8 nitrogen and oxygen atoms in total. The van der Waals surface area contributed by atoms with Gasteiger partial charge in [-0.1, -0.05) is 48.1 Å². The van der Waals surface area contributed by atoms with Crippen molar-refractivity contribution >= 4 is 47.2 Å². The molecule has 1 aromatic carbocycles. The van der Waals surface area contributed by atoms with Gasteiger partial charge in [-0.3, -0.25) is 9.59 Å². The van der Waals surface area contributed by atoms with Gasteiger partial charge in [0.05, 0.1) is 23.2 Å². The third-order valence-electron chi connectivity index (χ3n) is 5.81. The first-order chi connectivity index (χ1) is 16.5. The van der Waals surface area contributed by atoms with Crippen molar-refractivity contribution in [1.82, 2.24) is 25.0 Å². The molecule has 4 rings (SSSR count). The molecule has 2 aromatic heterocycles. The molecule has 0 spiro atoms. The Morgan fingerprint density at radius 1 is 1.06 bits per heavy atom. The number of halogens is 2. The number of likely N-dealkylation sites (tertiary alicyclic amines) is 1. The number of nitrogens with zero attached hydrogens (tertiary/aromatic N) is 4. The lowest BCUT2D eigenvalue weighted by Gasteiger charge is -2.26. The van der Waals surface area contributed by atoms with Gasteiger partial charge < -0.3 is 15.5 Å². The zero-order valence-electron chi connectivity index (χ0n) is 20.6. The van der Waals surface area contributed by atoms with Crippen molar-refractivity contribution in [2.45, 2.75) is 39.2 Å². The summed E-state index contributed by atoms with van der Waals surface area (Å²) in [6.07, 6.45) is 3.85. The Labute approximate surface area is 228 Å². The van der Waals surface area contributed by atoms with Crippen LogP contribution in [0.5, 0.6) is 0 Å². The van der Waals surface area contributed by atoms with Gasteiger partial charge in [-0.2, -0.15) is 5.10 Å². The van der Waals surface area contributed by atoms with Crippen molar-refractivity contribution < 1.29 is 4.79 Å². The average Bonchev–Trinajstić information content (AvgIpc) is 3.27. The number of piperidine rings is 1. The first-order valence-corrected chi connectivity index (χ1v) is 12.7. The molecule has 1 fully saturated rings. The van der Waals surface area contributed by atoms with E-state index >= 15 is 0 Å². The van der Waals surface area contributed by atoms with Crippen LogP contribution in [-0.2, 0) is 4.79 Å². The number of nitrogens with one attached hydrogen (secondary N) is 2. The van der Waals surface area contributed by atoms with Crippen LogP contribution in [0.4, 0.5) is 5.13 Å². The Bertz CT molecular complexity index is 1160. The monoisotopic (exact) mass is 552 g/mol. The van der Waals surface area contributed by atoms with Gasteiger partial charge in [0, 0.05) is 24.7 Å². The second kappa shape index (κ2) is 14.4. The van der Waals surface area contributed by atoms with Gasteiger partial charge in [-0.05, 0) is 45.8 Å². The fourth-order valence-corrected chi connectivity index (χ4v) is 5.01. The van der Waals surface area contributed by atoms with Crippen LogP contribution in [0.1, 0.15) is 39.2 Å². The standard InChI is InChI=1S/C25H32N6O2S.2ClH/c1-18(2)31-22(33)12-11-20(29-31)24-23(19-9-5-3-6-10-19)28-25(34-24)27-21(32)17-26-13-16-30-14-7-4-8-15-30;;/h3,5-6,9-12,18,26H,4,7-8,13-17H2,1-2H3,(H,27,28,32);2*1H. The molecule has 3 aromatic rings. The first kappa shape index (κ1) is 29.9. The van der Waals surface area contributed by atoms with Crippen LogP contribution in [0.2, 0.25) is 0 Å². The molecular weight excluding hydrogens is 519 g/mol. The smallest absolute Gasteiger partial charge is 0.267 e. The molecular formula is C25H34Cl2N6O2S. The Balaban J connectivity index is 0.00000228. The zero-order chi connectivity index (χ0) is 23.9. The summed E-state index contributed by atoms with van der Waals surface area (Å²) in [5.41, 5.74) is 2.18. The molecule has 0 aliphatic carbocycles. The zero-order valence-corrected chi connectivity index (χ0v) is 23.1. The van der Waals surface area contributed by atoms with Crippen molar-refractivity contribution in [3.63, 3.8) is 0 Å². The molecule has 1 aliphatic rings. The van der Waals surface area contributed by atoms with Crippen molar-refractivity contribution in [3.8, 4) is 21.8 Å². The topological polar surface area (TPSA) is 92.2 Å². The van der Waals surface area contributed by atoms with Gasteiger partial charge in [0.15, 0.2) is 5.13 Å². The Morgan fingerprint density at radius 2 is 1.78 bits per heavy atom. The van der Waals surface area contributed by atoms with E-state index in [0.29, 0.717) is 10.8 Å². The van der Waals surface area contributed by atoms with Crippen LogP contribution in [-0.4, -0.2) is 58.3 Å². The van der Waals surface area contributed by atoms with Gasteiger partial charge in [-0.25, -0.2) is 9.67 Å². The van der Waals surface area contributed by atoms with Gasteiger partial charge >= 0.3 is 0 Å². The van der Waals surface area contributed by atoms with E-state index in [4.69, 9.17) is 4.98 Å². The molecule has 3 heterocycles. The number of hydrogen-bond acceptors (Lipinski definition) is 7. The highest BCUT2D eigenvalue weighted by Gasteiger charge is 2.19. The number of amides is 1. The van der Waals surface area contributed by atoms with Gasteiger partial charge in [0.25, 0.3) is 5.56 Å². The van der Waals surface area contributed by atoms with Gasteiger partial charge in [-0.15, -0.1) is 24.8 Å². The van der Waals surface area contributed by atoms with E-state index in [9.17, 15) is 9.59 Å². The van der Waals surface area contributed by atoms with Gasteiger partial charge in [0.2, 0.25) is 5.91 Å². The lowest BCUT2D eigenvalue weighted by Crippen LogP contribution is -2.38. The largest absolute Gasteiger partial charge is 0.307 e. The van der Waals surface area contributed by atoms with Gasteiger partial charge in [0.1, 0.15) is 5.69 Å². The summed E-state index contributed by atoms with van der Waals surface area (Å²) in [4.78, 5) is 32.7. The summed E-state index contributed by atoms with van der Waals surface area (Å²) >= 11 is 1.37. The van der Waals surface area contributed by atoms with E-state index in [1.165, 1.54) is 41.3 Å². The lowest BCUT2D eigenvalue weighted by atomic mass is 10.1. The molecule has 196 valence electrons. The van der Waals surface area contributed by atoms with Crippen LogP contribution in [0.15, 0.2) is 47.3 Å². The highest BCUT2D eigenvalue weighted by Crippen LogP contribution is 2.37. The number of carbonyl (C=O) groups is 1. The molecule has 0 saturated carbocycles. The lowest BCUT2D eigenvalue weighted by molar-refractivity contribution is -0.115. The molecule has 2 N–H and O–H groups in total. The number of aromatic nitrogens is 3. The van der Waals surface area contributed by atoms with E-state index in [-0.39, 0.29) is 48.9 Å². The van der Waals surface area contributed by atoms with Crippen LogP contribution in [0, 0.1) is 0 Å². The molecule has 11 heteroatoms. The third-order valence-corrected chi connectivity index (χ3v) is 6.80. The summed E-state index contributed by atoms with van der Waals surface area (Å²) in [5, 5.41) is 11.2. The minimum Gasteiger partial charge on any atom is -0.307 e. The Hall–Kier alpha value is -2.30. The normalized spacial score (nSPS) is 13.6. The fraction of sp³-hybridized carbons (Fsp3) is 0.440. The van der Waals surface area contributed by atoms with Crippen molar-refractivity contribution in [1.29, 1.82) is 0 Å². The Kier molecular flexibility index (Phi) is 12.0. The first-order valence-electron chi connectivity index (χ1n) is 11.9. The van der Waals surface area contributed by atoms with Crippen LogP contribution < -0.4 is 16.2 Å². The molecule has 0 bridgehead atoms. The summed E-state index contributed by atoms with van der Waals surface area (Å²) in [7, 11) is 0. The maximum absolute atomic E-state index is 12.6. The van der Waals surface area contributed by atoms with Crippen molar-refractivity contribution in [2.75, 3.05) is 38.0 Å². The molecule has 0 radical (unpaired) electrons. The minimum absolute atomic E-state index is 0. The summed E-state index contributed by atoms with van der Waals surface area (Å²) < 4.78 is 1.47. The summed E-state index contributed by atoms with van der Waals surface area (Å²) in [5.74, 6) is -0.126. The second-order valence-electron chi connectivity index (χ2n) is 8.79. The predicted molar refractivity (Wildman–Crippen MR) is 152 cm³/mol. The second-order valence-corrected chi connectivity index (χ2v) is 9.78. The maximum atomic E-state index is 12.6. The molecule has 1 amide bonds. The van der Waals surface area contributed by atoms with Crippen LogP contribution in [0.3, 0.4) is 0 Å².